The second-order valence-electron chi connectivity index (χ2n) is 5.46. The van der Waals surface area contributed by atoms with Crippen molar-refractivity contribution in [3.05, 3.63) is 72.8 Å². The van der Waals surface area contributed by atoms with E-state index in [4.69, 9.17) is 17.0 Å². The Morgan fingerprint density at radius 3 is 0.875 bits per heavy atom. The van der Waals surface area contributed by atoms with Crippen LogP contribution in [0.25, 0.3) is 0 Å². The molecule has 0 bridgehead atoms. The Hall–Kier alpha value is -1.48. The number of halogens is 2. The van der Waals surface area contributed by atoms with E-state index in [1.165, 1.54) is 0 Å². The standard InChI is InChI=1S/3C6H5O.Bi.2ClH/c3*7-6-4-2-1-3-5-6;;;/h3*2-5,7H;;2*1H/q;;;+2;;/p-2. The minimum absolute atomic E-state index is 0.126. The van der Waals surface area contributed by atoms with Crippen molar-refractivity contribution in [3.63, 3.8) is 0 Å². The zero-order chi connectivity index (χ0) is 17.4. The van der Waals surface area contributed by atoms with Gasteiger partial charge in [-0.2, -0.15) is 0 Å². The zero-order valence-electron chi connectivity index (χ0n) is 12.5. The first-order chi connectivity index (χ1) is 11.3. The monoisotopic (exact) mass is 558 g/mol. The molecule has 3 nitrogen and oxygen atoms in total. The average molecular weight is 559 g/mol. The second-order valence-corrected chi connectivity index (χ2v) is 31.9. The molecular formula is C18H15BiCl2O3. The number of hydrogen-bond acceptors (Lipinski definition) is 3. The minimum atomic E-state index is -5.00. The van der Waals surface area contributed by atoms with Crippen LogP contribution in [0.15, 0.2) is 72.8 Å². The van der Waals surface area contributed by atoms with Crippen molar-refractivity contribution in [3.8, 4) is 17.2 Å². The van der Waals surface area contributed by atoms with E-state index >= 15 is 0 Å². The predicted molar refractivity (Wildman–Crippen MR) is 101 cm³/mol. The summed E-state index contributed by atoms with van der Waals surface area (Å²) in [4.78, 5) is 0. The van der Waals surface area contributed by atoms with Crippen LogP contribution in [0.3, 0.4) is 0 Å². The van der Waals surface area contributed by atoms with Crippen LogP contribution in [0.5, 0.6) is 17.2 Å². The maximum atomic E-state index is 9.59. The van der Waals surface area contributed by atoms with E-state index < -0.39 is 16.4 Å². The third kappa shape index (κ3) is 2.84. The summed E-state index contributed by atoms with van der Waals surface area (Å²) in [6.07, 6.45) is 0. The van der Waals surface area contributed by atoms with Crippen molar-refractivity contribution < 1.29 is 15.3 Å². The van der Waals surface area contributed by atoms with Crippen LogP contribution < -0.4 is 9.81 Å². The fourth-order valence-electron chi connectivity index (χ4n) is 2.59. The van der Waals surface area contributed by atoms with E-state index in [2.05, 4.69) is 0 Å². The van der Waals surface area contributed by atoms with E-state index in [1.807, 2.05) is 0 Å². The van der Waals surface area contributed by atoms with Gasteiger partial charge in [-0.25, -0.2) is 0 Å². The number of phenolic OH excluding ortho intramolecular Hbond substituents is 3. The summed E-state index contributed by atoms with van der Waals surface area (Å²) in [5.41, 5.74) is 0. The van der Waals surface area contributed by atoms with Crippen LogP contribution in [-0.2, 0) is 0 Å². The third-order valence-electron chi connectivity index (χ3n) is 3.91. The van der Waals surface area contributed by atoms with Gasteiger partial charge in [0.15, 0.2) is 0 Å². The SMILES string of the molecule is Oc1cc[c]([Bi]([Cl])([Cl])([c]2ccc(O)cc2)[c]2ccc(O)cc2)cc1. The molecule has 0 atom stereocenters. The summed E-state index contributed by atoms with van der Waals surface area (Å²) in [6.45, 7) is 0. The second kappa shape index (κ2) is 6.11. The Balaban J connectivity index is 2.33. The first kappa shape index (κ1) is 17.3. The average Bonchev–Trinajstić information content (AvgIpc) is 2.56. The molecule has 0 saturated carbocycles. The predicted octanol–water partition coefficient (Wildman–Crippen LogP) is 2.70. The van der Waals surface area contributed by atoms with Gasteiger partial charge in [-0.1, -0.05) is 0 Å². The summed E-state index contributed by atoms with van der Waals surface area (Å²) in [5.74, 6) is 0.379. The molecule has 0 saturated heterocycles. The summed E-state index contributed by atoms with van der Waals surface area (Å²) >= 11 is -5.00. The van der Waals surface area contributed by atoms with Crippen molar-refractivity contribution in [1.82, 2.24) is 0 Å². The van der Waals surface area contributed by atoms with Crippen molar-refractivity contribution >= 4 is 43.2 Å². The summed E-state index contributed by atoms with van der Waals surface area (Å²) < 4.78 is 2.20. The summed E-state index contributed by atoms with van der Waals surface area (Å²) in [5, 5.41) is 28.8. The molecule has 3 aromatic carbocycles. The molecule has 0 aliphatic heterocycles. The number of aromatic hydroxyl groups is 3. The molecule has 24 heavy (non-hydrogen) atoms. The molecule has 0 aliphatic rings. The van der Waals surface area contributed by atoms with Crippen LogP contribution in [0.2, 0.25) is 0 Å². The molecule has 0 aliphatic carbocycles. The molecule has 0 heterocycles. The normalized spacial score (nSPS) is 13.2. The van der Waals surface area contributed by atoms with E-state index in [9.17, 15) is 15.3 Å². The Labute approximate surface area is 148 Å². The van der Waals surface area contributed by atoms with Crippen molar-refractivity contribution in [2.24, 2.45) is 0 Å². The van der Waals surface area contributed by atoms with Gasteiger partial charge in [-0.15, -0.1) is 0 Å². The first-order valence-corrected chi connectivity index (χ1v) is 20.9. The summed E-state index contributed by atoms with van der Waals surface area (Å²) in [6, 6.07) is 19.7. The van der Waals surface area contributed by atoms with Gasteiger partial charge in [0.1, 0.15) is 0 Å². The molecule has 124 valence electrons. The summed E-state index contributed by atoms with van der Waals surface area (Å²) in [7, 11) is 14.5. The Morgan fingerprint density at radius 2 is 0.667 bits per heavy atom. The van der Waals surface area contributed by atoms with E-state index in [0.29, 0.717) is 0 Å². The maximum absolute atomic E-state index is 9.59. The Morgan fingerprint density at radius 1 is 0.458 bits per heavy atom. The van der Waals surface area contributed by atoms with Crippen LogP contribution >= 0.6 is 17.0 Å². The van der Waals surface area contributed by atoms with Gasteiger partial charge in [0.25, 0.3) is 0 Å². The van der Waals surface area contributed by atoms with Crippen molar-refractivity contribution in [2.75, 3.05) is 0 Å². The van der Waals surface area contributed by atoms with Gasteiger partial charge in [0.2, 0.25) is 0 Å². The molecule has 0 amide bonds. The van der Waals surface area contributed by atoms with Crippen molar-refractivity contribution in [1.29, 1.82) is 0 Å². The molecule has 3 aromatic rings. The molecule has 6 heteroatoms. The van der Waals surface area contributed by atoms with Crippen LogP contribution in [0.1, 0.15) is 0 Å². The molecule has 0 fully saturated rings. The van der Waals surface area contributed by atoms with E-state index in [0.717, 1.165) is 9.81 Å². The number of hydrogen-bond donors (Lipinski definition) is 3. The Kier molecular flexibility index (Phi) is 4.42. The third-order valence-corrected chi connectivity index (χ3v) is 28.2. The van der Waals surface area contributed by atoms with Gasteiger partial charge >= 0.3 is 149 Å². The molecule has 0 unspecified atom stereocenters. The van der Waals surface area contributed by atoms with E-state index in [-0.39, 0.29) is 17.2 Å². The topological polar surface area (TPSA) is 60.7 Å². The number of phenols is 3. The van der Waals surface area contributed by atoms with Crippen LogP contribution in [0, 0.1) is 0 Å². The molecule has 0 spiro atoms. The zero-order valence-corrected chi connectivity index (χ0v) is 17.5. The van der Waals surface area contributed by atoms with Crippen LogP contribution in [0.4, 0.5) is 0 Å². The fraction of sp³-hybridized carbons (Fsp3) is 0. The van der Waals surface area contributed by atoms with E-state index in [1.54, 1.807) is 72.8 Å². The number of rotatable bonds is 3. The molecule has 3 rings (SSSR count). The molecule has 3 N–H and O–H groups in total. The quantitative estimate of drug-likeness (QED) is 0.433. The van der Waals surface area contributed by atoms with Crippen LogP contribution in [-0.4, -0.2) is 31.7 Å². The Bertz CT molecular complexity index is 743. The van der Waals surface area contributed by atoms with Gasteiger partial charge in [0, 0.05) is 0 Å². The molecule has 0 radical (unpaired) electrons. The fourth-order valence-corrected chi connectivity index (χ4v) is 19.8. The van der Waals surface area contributed by atoms with Gasteiger partial charge in [-0.05, 0) is 0 Å². The molecule has 0 aromatic heterocycles. The number of benzene rings is 3. The first-order valence-electron chi connectivity index (χ1n) is 7.14. The van der Waals surface area contributed by atoms with Gasteiger partial charge in [-0.3, -0.25) is 0 Å². The molecular weight excluding hydrogens is 544 g/mol. The van der Waals surface area contributed by atoms with Gasteiger partial charge < -0.3 is 0 Å². The van der Waals surface area contributed by atoms with Gasteiger partial charge in [0.05, 0.1) is 0 Å². The van der Waals surface area contributed by atoms with Crippen molar-refractivity contribution in [2.45, 2.75) is 0 Å².